The Hall–Kier alpha value is -0.480. The van der Waals surface area contributed by atoms with Gasteiger partial charge in [0.2, 0.25) is 0 Å². The molecular weight excluding hydrogens is 208 g/mol. The maximum absolute atomic E-state index is 9.98. The van der Waals surface area contributed by atoms with Gasteiger partial charge in [-0.1, -0.05) is 31.0 Å². The molecule has 3 nitrogen and oxygen atoms in total. The molecule has 1 fully saturated rings. The maximum Gasteiger partial charge on any atom is 0.168 e. The van der Waals surface area contributed by atoms with Crippen molar-refractivity contribution >= 4 is 11.8 Å². The molecular formula is C11H18N2OS. The third-order valence-corrected chi connectivity index (χ3v) is 4.41. The van der Waals surface area contributed by atoms with Crippen molar-refractivity contribution in [3.8, 4) is 0 Å². The number of hydrogen-bond donors (Lipinski definition) is 1. The predicted octanol–water partition coefficient (Wildman–Crippen LogP) is 2.21. The summed E-state index contributed by atoms with van der Waals surface area (Å²) in [5.74, 6) is 0. The van der Waals surface area contributed by atoms with Gasteiger partial charge in [0.25, 0.3) is 0 Å². The fourth-order valence-electron chi connectivity index (χ4n) is 1.99. The van der Waals surface area contributed by atoms with E-state index in [0.717, 1.165) is 18.0 Å². The van der Waals surface area contributed by atoms with Crippen molar-refractivity contribution in [1.82, 2.24) is 9.55 Å². The van der Waals surface area contributed by atoms with Crippen LogP contribution in [0.2, 0.25) is 0 Å². The molecule has 1 aliphatic carbocycles. The summed E-state index contributed by atoms with van der Waals surface area (Å²) in [6.07, 6.45) is 9.32. The Morgan fingerprint density at radius 1 is 1.40 bits per heavy atom. The molecule has 1 aromatic rings. The number of aromatic nitrogens is 2. The Balaban J connectivity index is 2.00. The summed E-state index contributed by atoms with van der Waals surface area (Å²) in [5, 5.41) is 11.3. The van der Waals surface area contributed by atoms with Crippen LogP contribution < -0.4 is 0 Å². The van der Waals surface area contributed by atoms with Gasteiger partial charge in [0.1, 0.15) is 0 Å². The zero-order valence-corrected chi connectivity index (χ0v) is 9.91. The average molecular weight is 226 g/mol. The van der Waals surface area contributed by atoms with Gasteiger partial charge >= 0.3 is 0 Å². The molecule has 0 aliphatic heterocycles. The predicted molar refractivity (Wildman–Crippen MR) is 61.9 cm³/mol. The summed E-state index contributed by atoms with van der Waals surface area (Å²) in [5.41, 5.74) is 0. The van der Waals surface area contributed by atoms with Crippen LogP contribution in [0.15, 0.2) is 17.6 Å². The largest absolute Gasteiger partial charge is 0.392 e. The highest BCUT2D eigenvalue weighted by atomic mass is 32.2. The third kappa shape index (κ3) is 2.75. The van der Waals surface area contributed by atoms with Gasteiger partial charge in [-0.2, -0.15) is 0 Å². The molecule has 0 aromatic carbocycles. The van der Waals surface area contributed by atoms with Gasteiger partial charge in [-0.15, -0.1) is 0 Å². The van der Waals surface area contributed by atoms with E-state index in [1.54, 1.807) is 11.8 Å². The first-order valence-corrected chi connectivity index (χ1v) is 6.47. The molecule has 4 heteroatoms. The minimum atomic E-state index is -0.158. The molecule has 0 amide bonds. The Morgan fingerprint density at radius 2 is 2.20 bits per heavy atom. The first-order chi connectivity index (χ1) is 7.27. The van der Waals surface area contributed by atoms with E-state index in [1.807, 2.05) is 24.0 Å². The van der Waals surface area contributed by atoms with Crippen molar-refractivity contribution in [2.24, 2.45) is 7.05 Å². The first kappa shape index (κ1) is 11.0. The molecule has 2 atom stereocenters. The van der Waals surface area contributed by atoms with Crippen LogP contribution in [0, 0.1) is 0 Å². The van der Waals surface area contributed by atoms with Gasteiger partial charge < -0.3 is 9.67 Å². The average Bonchev–Trinajstić information content (AvgIpc) is 2.50. The second-order valence-electron chi connectivity index (χ2n) is 4.18. The van der Waals surface area contributed by atoms with E-state index in [-0.39, 0.29) is 6.10 Å². The monoisotopic (exact) mass is 226 g/mol. The number of aliphatic hydroxyl groups is 1. The van der Waals surface area contributed by atoms with E-state index in [1.165, 1.54) is 19.3 Å². The second-order valence-corrected chi connectivity index (χ2v) is 5.39. The lowest BCUT2D eigenvalue weighted by Gasteiger charge is -2.18. The van der Waals surface area contributed by atoms with E-state index in [0.29, 0.717) is 5.25 Å². The molecule has 1 aliphatic rings. The molecule has 1 heterocycles. The number of aryl methyl sites for hydroxylation is 1. The van der Waals surface area contributed by atoms with Gasteiger partial charge in [0.05, 0.1) is 6.10 Å². The molecule has 0 spiro atoms. The lowest BCUT2D eigenvalue weighted by Crippen LogP contribution is -2.21. The molecule has 0 bridgehead atoms. The van der Waals surface area contributed by atoms with E-state index < -0.39 is 0 Å². The van der Waals surface area contributed by atoms with Crippen molar-refractivity contribution in [3.05, 3.63) is 12.4 Å². The highest BCUT2D eigenvalue weighted by Gasteiger charge is 2.23. The number of nitrogens with zero attached hydrogens (tertiary/aromatic N) is 2. The van der Waals surface area contributed by atoms with Gasteiger partial charge in [-0.25, -0.2) is 4.98 Å². The van der Waals surface area contributed by atoms with E-state index in [9.17, 15) is 5.11 Å². The van der Waals surface area contributed by atoms with Crippen LogP contribution in [0.25, 0.3) is 0 Å². The molecule has 1 aromatic heterocycles. The van der Waals surface area contributed by atoms with Gasteiger partial charge in [0, 0.05) is 24.7 Å². The molecule has 1 saturated carbocycles. The van der Waals surface area contributed by atoms with Crippen LogP contribution >= 0.6 is 11.8 Å². The number of aliphatic hydroxyl groups excluding tert-OH is 1. The van der Waals surface area contributed by atoms with Gasteiger partial charge in [-0.05, 0) is 12.8 Å². The lowest BCUT2D eigenvalue weighted by atomic mass is 10.1. The second kappa shape index (κ2) is 5.03. The molecule has 84 valence electrons. The summed E-state index contributed by atoms with van der Waals surface area (Å²) in [6.45, 7) is 0. The number of hydrogen-bond acceptors (Lipinski definition) is 3. The van der Waals surface area contributed by atoms with Crippen LogP contribution in [-0.2, 0) is 7.05 Å². The lowest BCUT2D eigenvalue weighted by molar-refractivity contribution is 0.163. The number of thioether (sulfide) groups is 1. The molecule has 1 N–H and O–H groups in total. The SMILES string of the molecule is Cn1ccnc1SC1CCCCCC1O. The fraction of sp³-hybridized carbons (Fsp3) is 0.727. The standard InChI is InChI=1S/C11H18N2OS/c1-13-8-7-12-11(13)15-10-6-4-2-3-5-9(10)14/h7-10,14H,2-6H2,1H3. The van der Waals surface area contributed by atoms with Gasteiger partial charge in [0.15, 0.2) is 5.16 Å². The zero-order valence-electron chi connectivity index (χ0n) is 9.09. The molecule has 0 radical (unpaired) electrons. The molecule has 2 unspecified atom stereocenters. The smallest absolute Gasteiger partial charge is 0.168 e. The van der Waals surface area contributed by atoms with Crippen LogP contribution in [0.5, 0.6) is 0 Å². The Morgan fingerprint density at radius 3 is 2.93 bits per heavy atom. The number of imidazole rings is 1. The summed E-state index contributed by atoms with van der Waals surface area (Å²) < 4.78 is 2.02. The van der Waals surface area contributed by atoms with Gasteiger partial charge in [-0.3, -0.25) is 0 Å². The van der Waals surface area contributed by atoms with Crippen molar-refractivity contribution in [3.63, 3.8) is 0 Å². The van der Waals surface area contributed by atoms with E-state index >= 15 is 0 Å². The minimum absolute atomic E-state index is 0.158. The Labute approximate surface area is 94.9 Å². The minimum Gasteiger partial charge on any atom is -0.392 e. The highest BCUT2D eigenvalue weighted by molar-refractivity contribution is 7.99. The summed E-state index contributed by atoms with van der Waals surface area (Å²) in [4.78, 5) is 4.29. The summed E-state index contributed by atoms with van der Waals surface area (Å²) >= 11 is 1.72. The zero-order chi connectivity index (χ0) is 10.7. The van der Waals surface area contributed by atoms with Crippen LogP contribution in [0.1, 0.15) is 32.1 Å². The van der Waals surface area contributed by atoms with Crippen molar-refractivity contribution in [1.29, 1.82) is 0 Å². The highest BCUT2D eigenvalue weighted by Crippen LogP contribution is 2.31. The fourth-order valence-corrected chi connectivity index (χ4v) is 3.19. The van der Waals surface area contributed by atoms with Crippen LogP contribution in [0.4, 0.5) is 0 Å². The van der Waals surface area contributed by atoms with Crippen molar-refractivity contribution in [2.45, 2.75) is 48.6 Å². The molecule has 0 saturated heterocycles. The maximum atomic E-state index is 9.98. The van der Waals surface area contributed by atoms with Crippen molar-refractivity contribution < 1.29 is 5.11 Å². The summed E-state index contributed by atoms with van der Waals surface area (Å²) in [6, 6.07) is 0. The Bertz CT molecular complexity index is 313. The quantitative estimate of drug-likeness (QED) is 0.786. The van der Waals surface area contributed by atoms with Crippen LogP contribution in [0.3, 0.4) is 0 Å². The normalized spacial score (nSPS) is 27.6. The van der Waals surface area contributed by atoms with Crippen LogP contribution in [-0.4, -0.2) is 26.0 Å². The molecule has 2 rings (SSSR count). The van der Waals surface area contributed by atoms with Crippen molar-refractivity contribution in [2.75, 3.05) is 0 Å². The molecule has 15 heavy (non-hydrogen) atoms. The topological polar surface area (TPSA) is 38.0 Å². The Kier molecular flexibility index (Phi) is 3.70. The number of rotatable bonds is 2. The third-order valence-electron chi connectivity index (χ3n) is 2.95. The van der Waals surface area contributed by atoms with E-state index in [4.69, 9.17) is 0 Å². The first-order valence-electron chi connectivity index (χ1n) is 5.59. The van der Waals surface area contributed by atoms with E-state index in [2.05, 4.69) is 4.98 Å². The summed E-state index contributed by atoms with van der Waals surface area (Å²) in [7, 11) is 2.00.